The van der Waals surface area contributed by atoms with Crippen LogP contribution in [0.25, 0.3) is 0 Å². The van der Waals surface area contributed by atoms with Crippen LogP contribution in [0.5, 0.6) is 0 Å². The van der Waals surface area contributed by atoms with Gasteiger partial charge in [-0.1, -0.05) is 42.5 Å². The van der Waals surface area contributed by atoms with Gasteiger partial charge in [-0.25, -0.2) is 0 Å². The lowest BCUT2D eigenvalue weighted by Gasteiger charge is -2.38. The fourth-order valence-electron chi connectivity index (χ4n) is 3.12. The van der Waals surface area contributed by atoms with Gasteiger partial charge in [-0.3, -0.25) is 4.79 Å². The van der Waals surface area contributed by atoms with Crippen LogP contribution in [-0.2, 0) is 11.0 Å². The van der Waals surface area contributed by atoms with Crippen molar-refractivity contribution in [3.05, 3.63) is 83.6 Å². The molecule has 1 heterocycles. The molecule has 2 nitrogen and oxygen atoms in total. The quantitative estimate of drug-likeness (QED) is 0.753. The van der Waals surface area contributed by atoms with E-state index in [2.05, 4.69) is 0 Å². The van der Waals surface area contributed by atoms with Crippen LogP contribution < -0.4 is 0 Å². The van der Waals surface area contributed by atoms with Crippen molar-refractivity contribution in [1.29, 1.82) is 0 Å². The Hall–Kier alpha value is -2.56. The van der Waals surface area contributed by atoms with E-state index in [1.807, 2.05) is 42.2 Å². The zero-order valence-electron chi connectivity index (χ0n) is 13.7. The number of allylic oxidation sites excluding steroid dienone is 1. The van der Waals surface area contributed by atoms with E-state index < -0.39 is 11.7 Å². The van der Waals surface area contributed by atoms with Gasteiger partial charge in [0.05, 0.1) is 17.6 Å². The second-order valence-corrected chi connectivity index (χ2v) is 6.16. The van der Waals surface area contributed by atoms with Crippen LogP contribution in [0.4, 0.5) is 13.2 Å². The molecule has 2 aromatic carbocycles. The third-order valence-electron chi connectivity index (χ3n) is 4.54. The smallest absolute Gasteiger partial charge is 0.363 e. The first kappa shape index (κ1) is 17.3. The third-order valence-corrected chi connectivity index (χ3v) is 4.54. The topological polar surface area (TPSA) is 20.3 Å². The Morgan fingerprint density at radius 2 is 1.68 bits per heavy atom. The van der Waals surface area contributed by atoms with Crippen molar-refractivity contribution in [2.45, 2.75) is 31.6 Å². The molecular formula is C20H18F3NO. The largest absolute Gasteiger partial charge is 0.416 e. The molecule has 0 aliphatic carbocycles. The Balaban J connectivity index is 1.92. The molecule has 1 aliphatic rings. The lowest BCUT2D eigenvalue weighted by Crippen LogP contribution is -2.31. The molecule has 2 atom stereocenters. The van der Waals surface area contributed by atoms with Crippen LogP contribution in [-0.4, -0.2) is 10.7 Å². The molecule has 5 heteroatoms. The fraction of sp³-hybridized carbons (Fsp3) is 0.250. The van der Waals surface area contributed by atoms with Crippen molar-refractivity contribution < 1.29 is 18.0 Å². The standard InChI is InChI=1S/C20H18F3NO/c1-14(15-5-3-2-4-6-15)24-12-11-18(25)13-19(24)16-7-9-17(10-8-16)20(21,22)23/h2-12,14,19H,13H2,1H3/t14-,19+/m0/s1. The number of ketones is 1. The summed E-state index contributed by atoms with van der Waals surface area (Å²) in [5, 5.41) is 0. The van der Waals surface area contributed by atoms with Crippen molar-refractivity contribution >= 4 is 5.78 Å². The first-order chi connectivity index (χ1) is 11.9. The molecule has 0 radical (unpaired) electrons. The molecule has 0 unspecified atom stereocenters. The fourth-order valence-corrected chi connectivity index (χ4v) is 3.12. The van der Waals surface area contributed by atoms with E-state index in [0.29, 0.717) is 5.56 Å². The van der Waals surface area contributed by atoms with Crippen molar-refractivity contribution in [2.24, 2.45) is 0 Å². The minimum Gasteiger partial charge on any atom is -0.363 e. The van der Waals surface area contributed by atoms with E-state index in [1.165, 1.54) is 18.2 Å². The van der Waals surface area contributed by atoms with Gasteiger partial charge in [0.15, 0.2) is 5.78 Å². The first-order valence-electron chi connectivity index (χ1n) is 8.07. The second-order valence-electron chi connectivity index (χ2n) is 6.16. The number of carbonyl (C=O) groups is 1. The number of halogens is 3. The van der Waals surface area contributed by atoms with Crippen LogP contribution in [0, 0.1) is 0 Å². The SMILES string of the molecule is C[C@@H](c1ccccc1)N1C=CC(=O)C[C@@H]1c1ccc(C(F)(F)F)cc1. The number of benzene rings is 2. The zero-order valence-corrected chi connectivity index (χ0v) is 13.7. The summed E-state index contributed by atoms with van der Waals surface area (Å²) in [5.74, 6) is -0.0265. The van der Waals surface area contributed by atoms with E-state index >= 15 is 0 Å². The van der Waals surface area contributed by atoms with E-state index in [9.17, 15) is 18.0 Å². The van der Waals surface area contributed by atoms with Crippen molar-refractivity contribution in [2.75, 3.05) is 0 Å². The zero-order chi connectivity index (χ0) is 18.0. The summed E-state index contributed by atoms with van der Waals surface area (Å²) in [6.45, 7) is 2.02. The minimum absolute atomic E-state index is 0.00200. The van der Waals surface area contributed by atoms with Crippen molar-refractivity contribution in [3.8, 4) is 0 Å². The average molecular weight is 345 g/mol. The van der Waals surface area contributed by atoms with Crippen molar-refractivity contribution in [1.82, 2.24) is 4.90 Å². The first-order valence-corrected chi connectivity index (χ1v) is 8.07. The molecule has 0 saturated carbocycles. The molecule has 3 rings (SSSR count). The second kappa shape index (κ2) is 6.75. The van der Waals surface area contributed by atoms with Gasteiger partial charge in [-0.05, 0) is 36.3 Å². The summed E-state index contributed by atoms with van der Waals surface area (Å²) >= 11 is 0. The molecule has 1 aliphatic heterocycles. The Labute approximate surface area is 144 Å². The lowest BCUT2D eigenvalue weighted by atomic mass is 9.93. The summed E-state index contributed by atoms with van der Waals surface area (Å²) in [4.78, 5) is 13.9. The van der Waals surface area contributed by atoms with Gasteiger partial charge in [-0.2, -0.15) is 13.2 Å². The molecule has 0 amide bonds. The number of hydrogen-bond donors (Lipinski definition) is 0. The van der Waals surface area contributed by atoms with Crippen LogP contribution >= 0.6 is 0 Å². The molecule has 0 N–H and O–H groups in total. The van der Waals surface area contributed by atoms with Gasteiger partial charge >= 0.3 is 6.18 Å². The molecular weight excluding hydrogens is 327 g/mol. The van der Waals surface area contributed by atoms with E-state index in [1.54, 1.807) is 6.20 Å². The van der Waals surface area contributed by atoms with Gasteiger partial charge in [0, 0.05) is 12.6 Å². The van der Waals surface area contributed by atoms with Crippen LogP contribution in [0.2, 0.25) is 0 Å². The van der Waals surface area contributed by atoms with E-state index in [4.69, 9.17) is 0 Å². The van der Waals surface area contributed by atoms with Gasteiger partial charge in [-0.15, -0.1) is 0 Å². The molecule has 130 valence electrons. The molecule has 0 aromatic heterocycles. The Morgan fingerprint density at radius 1 is 1.04 bits per heavy atom. The Kier molecular flexibility index (Phi) is 4.66. The van der Waals surface area contributed by atoms with Gasteiger partial charge in [0.1, 0.15) is 0 Å². The molecule has 0 spiro atoms. The maximum absolute atomic E-state index is 12.8. The molecule has 0 bridgehead atoms. The summed E-state index contributed by atoms with van der Waals surface area (Å²) in [7, 11) is 0. The number of hydrogen-bond acceptors (Lipinski definition) is 2. The normalized spacial score (nSPS) is 19.1. The van der Waals surface area contributed by atoms with Crippen molar-refractivity contribution in [3.63, 3.8) is 0 Å². The van der Waals surface area contributed by atoms with Crippen LogP contribution in [0.15, 0.2) is 66.9 Å². The minimum atomic E-state index is -4.36. The summed E-state index contributed by atoms with van der Waals surface area (Å²) in [5.41, 5.74) is 1.10. The number of rotatable bonds is 3. The van der Waals surface area contributed by atoms with E-state index in [0.717, 1.165) is 17.7 Å². The highest BCUT2D eigenvalue weighted by Crippen LogP contribution is 2.37. The monoisotopic (exact) mass is 345 g/mol. The number of carbonyl (C=O) groups excluding carboxylic acids is 1. The van der Waals surface area contributed by atoms with E-state index in [-0.39, 0.29) is 24.3 Å². The van der Waals surface area contributed by atoms with Gasteiger partial charge in [0.25, 0.3) is 0 Å². The average Bonchev–Trinajstić information content (AvgIpc) is 2.61. The Bertz CT molecular complexity index is 766. The molecule has 2 aromatic rings. The summed E-state index contributed by atoms with van der Waals surface area (Å²) in [6.07, 6.45) is -0.845. The van der Waals surface area contributed by atoms with Crippen LogP contribution in [0.1, 0.15) is 42.1 Å². The number of nitrogens with zero attached hydrogens (tertiary/aromatic N) is 1. The Morgan fingerprint density at radius 3 is 2.28 bits per heavy atom. The van der Waals surface area contributed by atoms with Gasteiger partial charge in [0.2, 0.25) is 0 Å². The maximum atomic E-state index is 12.8. The number of alkyl halides is 3. The summed E-state index contributed by atoms with van der Waals surface area (Å²) in [6, 6.07) is 14.6. The molecule has 25 heavy (non-hydrogen) atoms. The molecule has 0 fully saturated rings. The predicted octanol–water partition coefficient (Wildman–Crippen LogP) is 5.30. The third kappa shape index (κ3) is 3.76. The highest BCUT2D eigenvalue weighted by Gasteiger charge is 2.32. The highest BCUT2D eigenvalue weighted by atomic mass is 19.4. The maximum Gasteiger partial charge on any atom is 0.416 e. The van der Waals surface area contributed by atoms with Gasteiger partial charge < -0.3 is 4.90 Å². The lowest BCUT2D eigenvalue weighted by molar-refractivity contribution is -0.137. The summed E-state index contributed by atoms with van der Waals surface area (Å²) < 4.78 is 38.3. The van der Waals surface area contributed by atoms with Crippen LogP contribution in [0.3, 0.4) is 0 Å². The highest BCUT2D eigenvalue weighted by molar-refractivity contribution is 5.91. The molecule has 0 saturated heterocycles. The predicted molar refractivity (Wildman–Crippen MR) is 89.6 cm³/mol.